The molecule has 1 fully saturated rings. The molecule has 1 saturated heterocycles. The van der Waals surface area contributed by atoms with Gasteiger partial charge in [0, 0.05) is 18.7 Å². The van der Waals surface area contributed by atoms with Crippen LogP contribution in [0.15, 0.2) is 21.9 Å². The molecule has 1 aromatic rings. The zero-order valence-corrected chi connectivity index (χ0v) is 9.68. The minimum absolute atomic E-state index is 0.522. The van der Waals surface area contributed by atoms with Crippen molar-refractivity contribution in [3.8, 4) is 0 Å². The Labute approximate surface area is 105 Å². The highest BCUT2D eigenvalue weighted by Crippen LogP contribution is 2.46. The molecular weight excluding hydrogens is 266 g/mol. The van der Waals surface area contributed by atoms with E-state index in [0.717, 1.165) is 12.3 Å². The molecule has 106 valence electrons. The van der Waals surface area contributed by atoms with Crippen molar-refractivity contribution in [1.82, 2.24) is 9.55 Å². The Hall–Kier alpha value is -1.58. The van der Waals surface area contributed by atoms with Crippen molar-refractivity contribution in [3.05, 3.63) is 33.1 Å². The quantitative estimate of drug-likeness (QED) is 0.645. The van der Waals surface area contributed by atoms with Crippen LogP contribution in [0.3, 0.4) is 0 Å². The molecule has 0 radical (unpaired) electrons. The van der Waals surface area contributed by atoms with Crippen LogP contribution in [-0.2, 0) is 4.74 Å². The normalized spacial score (nSPS) is 24.5. The molecular formula is C10H12F2N2O5. The van der Waals surface area contributed by atoms with E-state index in [2.05, 4.69) is 0 Å². The van der Waals surface area contributed by atoms with Crippen molar-refractivity contribution < 1.29 is 23.7 Å². The summed E-state index contributed by atoms with van der Waals surface area (Å²) in [6.07, 6.45) is -2.04. The van der Waals surface area contributed by atoms with E-state index in [1.54, 1.807) is 0 Å². The second-order valence-corrected chi connectivity index (χ2v) is 4.42. The first-order chi connectivity index (χ1) is 8.83. The molecule has 1 aromatic heterocycles. The van der Waals surface area contributed by atoms with Gasteiger partial charge in [0.05, 0.1) is 13.2 Å². The number of alkyl halides is 2. The van der Waals surface area contributed by atoms with Gasteiger partial charge in [-0.15, -0.1) is 0 Å². The number of hydrogen-bond donors (Lipinski definition) is 3. The van der Waals surface area contributed by atoms with Crippen molar-refractivity contribution in [1.29, 1.82) is 0 Å². The van der Waals surface area contributed by atoms with E-state index >= 15 is 0 Å². The largest absolute Gasteiger partial charge is 0.393 e. The average Bonchev–Trinajstić information content (AvgIpc) is 2.62. The van der Waals surface area contributed by atoms with Gasteiger partial charge in [-0.2, -0.15) is 0 Å². The van der Waals surface area contributed by atoms with Gasteiger partial charge in [-0.3, -0.25) is 14.3 Å². The third kappa shape index (κ3) is 2.31. The number of rotatable bonds is 3. The number of aromatic nitrogens is 2. The van der Waals surface area contributed by atoms with Gasteiger partial charge >= 0.3 is 5.69 Å². The first-order valence-electron chi connectivity index (χ1n) is 5.42. The van der Waals surface area contributed by atoms with E-state index < -0.39 is 48.6 Å². The highest BCUT2D eigenvalue weighted by molar-refractivity contribution is 4.99. The van der Waals surface area contributed by atoms with Crippen LogP contribution in [0.25, 0.3) is 0 Å². The predicted octanol–water partition coefficient (Wildman–Crippen LogP) is -1.19. The molecule has 3 N–H and O–H groups in total. The number of nitrogens with zero attached hydrogens (tertiary/aromatic N) is 1. The number of aliphatic hydroxyl groups excluding tert-OH is 2. The molecule has 0 aromatic carbocycles. The Bertz CT molecular complexity index is 578. The van der Waals surface area contributed by atoms with Crippen molar-refractivity contribution in [2.24, 2.45) is 0 Å². The Morgan fingerprint density at radius 1 is 1.42 bits per heavy atom. The number of aromatic amines is 1. The molecule has 1 aliphatic rings. The van der Waals surface area contributed by atoms with Gasteiger partial charge in [-0.25, -0.2) is 13.6 Å². The molecule has 9 heteroatoms. The standard InChI is InChI=1S/C10H12F2N2O5/c11-10(12)3-9(4-15,5-16)19-7(10)14-2-1-6(17)13-8(14)18/h1-2,7,15-16H,3-5H2,(H,13,17,18)/t7-/m1/s1. The van der Waals surface area contributed by atoms with Crippen LogP contribution in [0.2, 0.25) is 0 Å². The molecule has 7 nitrogen and oxygen atoms in total. The monoisotopic (exact) mass is 278 g/mol. The lowest BCUT2D eigenvalue weighted by atomic mass is 10.0. The van der Waals surface area contributed by atoms with Crippen molar-refractivity contribution in [3.63, 3.8) is 0 Å². The minimum Gasteiger partial charge on any atom is -0.393 e. The van der Waals surface area contributed by atoms with E-state index in [1.165, 1.54) is 0 Å². The van der Waals surface area contributed by atoms with Crippen LogP contribution >= 0.6 is 0 Å². The first-order valence-corrected chi connectivity index (χ1v) is 5.42. The van der Waals surface area contributed by atoms with Crippen molar-refractivity contribution in [2.75, 3.05) is 13.2 Å². The van der Waals surface area contributed by atoms with Crippen LogP contribution in [-0.4, -0.2) is 44.5 Å². The lowest BCUT2D eigenvalue weighted by molar-refractivity contribution is -0.154. The molecule has 2 heterocycles. The number of aliphatic hydroxyl groups is 2. The maximum absolute atomic E-state index is 13.8. The first kappa shape index (κ1) is 13.8. The average molecular weight is 278 g/mol. The second kappa shape index (κ2) is 4.51. The Morgan fingerprint density at radius 3 is 2.53 bits per heavy atom. The molecule has 19 heavy (non-hydrogen) atoms. The second-order valence-electron chi connectivity index (χ2n) is 4.42. The Morgan fingerprint density at radius 2 is 2.05 bits per heavy atom. The third-order valence-electron chi connectivity index (χ3n) is 2.96. The smallest absolute Gasteiger partial charge is 0.330 e. The molecule has 1 aliphatic heterocycles. The topological polar surface area (TPSA) is 105 Å². The molecule has 0 amide bonds. The van der Waals surface area contributed by atoms with Crippen molar-refractivity contribution in [2.45, 2.75) is 24.2 Å². The summed E-state index contributed by atoms with van der Waals surface area (Å²) in [5.41, 5.74) is -3.59. The van der Waals surface area contributed by atoms with Gasteiger partial charge in [0.15, 0.2) is 0 Å². The van der Waals surface area contributed by atoms with Gasteiger partial charge in [-0.05, 0) is 0 Å². The fourth-order valence-corrected chi connectivity index (χ4v) is 1.99. The van der Waals surface area contributed by atoms with Crippen LogP contribution in [0.5, 0.6) is 0 Å². The highest BCUT2D eigenvalue weighted by atomic mass is 19.3. The van der Waals surface area contributed by atoms with Gasteiger partial charge in [-0.1, -0.05) is 0 Å². The van der Waals surface area contributed by atoms with Crippen LogP contribution in [0, 0.1) is 0 Å². The maximum Gasteiger partial charge on any atom is 0.330 e. The number of hydrogen-bond acceptors (Lipinski definition) is 5. The van der Waals surface area contributed by atoms with E-state index in [4.69, 9.17) is 14.9 Å². The predicted molar refractivity (Wildman–Crippen MR) is 57.9 cm³/mol. The summed E-state index contributed by atoms with van der Waals surface area (Å²) >= 11 is 0. The van der Waals surface area contributed by atoms with Gasteiger partial charge in [0.1, 0.15) is 5.60 Å². The van der Waals surface area contributed by atoms with Crippen LogP contribution < -0.4 is 11.2 Å². The number of halogens is 2. The van der Waals surface area contributed by atoms with E-state index in [-0.39, 0.29) is 0 Å². The third-order valence-corrected chi connectivity index (χ3v) is 2.96. The zero-order valence-electron chi connectivity index (χ0n) is 9.68. The van der Waals surface area contributed by atoms with Crippen molar-refractivity contribution >= 4 is 0 Å². The fourth-order valence-electron chi connectivity index (χ4n) is 1.99. The molecule has 0 spiro atoms. The van der Waals surface area contributed by atoms with Gasteiger partial charge in [0.25, 0.3) is 11.5 Å². The number of nitrogens with one attached hydrogen (secondary N) is 1. The number of ether oxygens (including phenoxy) is 1. The molecule has 0 unspecified atom stereocenters. The Balaban J connectivity index is 2.45. The molecule has 0 aliphatic carbocycles. The maximum atomic E-state index is 13.8. The SMILES string of the molecule is O=c1ccn([C@@H]2OC(CO)(CO)CC2(F)F)c(=O)[nH]1. The molecule has 1 atom stereocenters. The Kier molecular flexibility index (Phi) is 3.29. The lowest BCUT2D eigenvalue weighted by Gasteiger charge is -2.23. The fraction of sp³-hybridized carbons (Fsp3) is 0.600. The van der Waals surface area contributed by atoms with Gasteiger partial charge in [0.2, 0.25) is 6.23 Å². The summed E-state index contributed by atoms with van der Waals surface area (Å²) < 4.78 is 33.2. The summed E-state index contributed by atoms with van der Waals surface area (Å²) in [6.45, 7) is -1.62. The molecule has 2 rings (SSSR count). The van der Waals surface area contributed by atoms with Crippen LogP contribution in [0.1, 0.15) is 12.6 Å². The van der Waals surface area contributed by atoms with E-state index in [1.807, 2.05) is 4.98 Å². The summed E-state index contributed by atoms with van der Waals surface area (Å²) in [5.74, 6) is -3.46. The van der Waals surface area contributed by atoms with Crippen LogP contribution in [0.4, 0.5) is 8.78 Å². The van der Waals surface area contributed by atoms with E-state index in [0.29, 0.717) is 4.57 Å². The minimum atomic E-state index is -3.46. The number of H-pyrrole nitrogens is 1. The summed E-state index contributed by atoms with van der Waals surface area (Å²) in [5, 5.41) is 18.1. The summed E-state index contributed by atoms with van der Waals surface area (Å²) in [6, 6.07) is 0.902. The molecule has 0 bridgehead atoms. The molecule has 0 saturated carbocycles. The zero-order chi connectivity index (χ0) is 14.3. The van der Waals surface area contributed by atoms with E-state index in [9.17, 15) is 18.4 Å². The summed E-state index contributed by atoms with van der Waals surface area (Å²) in [4.78, 5) is 24.2. The lowest BCUT2D eigenvalue weighted by Crippen LogP contribution is -2.39. The highest BCUT2D eigenvalue weighted by Gasteiger charge is 2.58. The van der Waals surface area contributed by atoms with Gasteiger partial charge < -0.3 is 14.9 Å². The summed E-state index contributed by atoms with van der Waals surface area (Å²) in [7, 11) is 0.